The molecule has 2 rings (SSSR count). The van der Waals surface area contributed by atoms with Gasteiger partial charge in [0.2, 0.25) is 11.3 Å². The second-order valence-corrected chi connectivity index (χ2v) is 15.0. The van der Waals surface area contributed by atoms with E-state index < -0.39 is 16.2 Å². The van der Waals surface area contributed by atoms with Crippen molar-refractivity contribution in [2.75, 3.05) is 0 Å². The highest BCUT2D eigenvalue weighted by Gasteiger charge is 2.39. The van der Waals surface area contributed by atoms with Crippen molar-refractivity contribution in [1.29, 1.82) is 0 Å². The molecule has 0 saturated heterocycles. The summed E-state index contributed by atoms with van der Waals surface area (Å²) in [5.41, 5.74) is -0.0228. The van der Waals surface area contributed by atoms with E-state index in [1.165, 1.54) is 29.7 Å². The first kappa shape index (κ1) is 17.0. The van der Waals surface area contributed by atoms with Gasteiger partial charge in [0.05, 0.1) is 9.82 Å². The molecule has 1 heterocycles. The number of alkyl halides is 3. The van der Waals surface area contributed by atoms with E-state index in [1.54, 1.807) is 5.38 Å². The first-order valence-corrected chi connectivity index (χ1v) is 9.88. The second-order valence-electron chi connectivity index (χ2n) is 3.72. The third kappa shape index (κ3) is 3.36. The third-order valence-electron chi connectivity index (χ3n) is 2.43. The number of sulfone groups is 1. The molecule has 2 aromatic rings. The minimum Gasteiger partial charge on any atom is -0.258 e. The van der Waals surface area contributed by atoms with E-state index in [2.05, 4.69) is 52.8 Å². The average molecular weight is 521 g/mol. The van der Waals surface area contributed by atoms with Gasteiger partial charge in [-0.05, 0) is 53.9 Å². The first-order chi connectivity index (χ1) is 9.64. The molecule has 0 fully saturated rings. The van der Waals surface area contributed by atoms with Gasteiger partial charge in [-0.25, -0.2) is 13.4 Å². The second kappa shape index (κ2) is 6.03. The molecule has 21 heavy (non-hydrogen) atoms. The lowest BCUT2D eigenvalue weighted by Gasteiger charge is -2.15. The van der Waals surface area contributed by atoms with Gasteiger partial charge in [-0.1, -0.05) is 0 Å². The lowest BCUT2D eigenvalue weighted by atomic mass is 10.2. The number of non-ortho nitro benzene ring substituents is 1. The predicted molar refractivity (Wildman–Crippen MR) is 90.9 cm³/mol. The number of hydrogen-bond donors (Lipinski definition) is 0. The summed E-state index contributed by atoms with van der Waals surface area (Å²) in [5.74, 6) is 0. The van der Waals surface area contributed by atoms with Crippen molar-refractivity contribution in [3.63, 3.8) is 0 Å². The minimum absolute atomic E-state index is 0.0753. The fourth-order valence-electron chi connectivity index (χ4n) is 1.51. The Bertz CT molecular complexity index is 785. The number of nitro groups is 1. The van der Waals surface area contributed by atoms with Crippen LogP contribution in [0.1, 0.15) is 0 Å². The summed E-state index contributed by atoms with van der Waals surface area (Å²) in [5, 5.41) is 12.9. The molecule has 0 aliphatic rings. The molecule has 112 valence electrons. The number of benzene rings is 1. The Kier molecular flexibility index (Phi) is 4.88. The van der Waals surface area contributed by atoms with E-state index in [-0.39, 0.29) is 16.1 Å². The number of nitro benzene ring substituents is 1. The molecule has 0 aliphatic carbocycles. The van der Waals surface area contributed by atoms with Crippen molar-refractivity contribution in [3.05, 3.63) is 39.9 Å². The van der Waals surface area contributed by atoms with E-state index in [0.717, 1.165) is 6.07 Å². The number of hydrogen-bond acceptors (Lipinski definition) is 6. The number of nitrogens with zero attached hydrogens (tertiary/aromatic N) is 2. The van der Waals surface area contributed by atoms with Crippen molar-refractivity contribution < 1.29 is 13.3 Å². The van der Waals surface area contributed by atoms with Crippen molar-refractivity contribution in [3.8, 4) is 10.6 Å². The van der Waals surface area contributed by atoms with Crippen LogP contribution in [0.5, 0.6) is 0 Å². The summed E-state index contributed by atoms with van der Waals surface area (Å²) in [4.78, 5) is 14.3. The maximum Gasteiger partial charge on any atom is 0.270 e. The summed E-state index contributed by atoms with van der Waals surface area (Å²) in [7, 11) is -3.88. The molecule has 0 bridgehead atoms. The molecular formula is C10H5Br3N2O4S2. The van der Waals surface area contributed by atoms with Crippen LogP contribution in [0.15, 0.2) is 34.7 Å². The van der Waals surface area contributed by atoms with Gasteiger partial charge in [0.15, 0.2) is 0 Å². The molecule has 0 aliphatic heterocycles. The highest BCUT2D eigenvalue weighted by Crippen LogP contribution is 2.46. The Balaban J connectivity index is 2.76. The quantitative estimate of drug-likeness (QED) is 0.342. The fourth-order valence-corrected chi connectivity index (χ4v) is 4.76. The van der Waals surface area contributed by atoms with Gasteiger partial charge in [0.1, 0.15) is 5.01 Å². The van der Waals surface area contributed by atoms with E-state index in [4.69, 9.17) is 0 Å². The first-order valence-electron chi connectivity index (χ1n) is 5.14. The number of thiazole rings is 1. The van der Waals surface area contributed by atoms with Crippen LogP contribution < -0.4 is 0 Å². The largest absolute Gasteiger partial charge is 0.270 e. The Hall–Kier alpha value is -0.360. The van der Waals surface area contributed by atoms with E-state index in [0.29, 0.717) is 5.01 Å². The fraction of sp³-hybridized carbons (Fsp3) is 0.100. The lowest BCUT2D eigenvalue weighted by molar-refractivity contribution is -0.384. The van der Waals surface area contributed by atoms with Crippen LogP contribution in [0.3, 0.4) is 0 Å². The van der Waals surface area contributed by atoms with Crippen molar-refractivity contribution >= 4 is 74.7 Å². The van der Waals surface area contributed by atoms with Crippen LogP contribution in [-0.2, 0) is 9.84 Å². The van der Waals surface area contributed by atoms with Crippen LogP contribution in [0, 0.1) is 10.1 Å². The number of halogens is 3. The van der Waals surface area contributed by atoms with Gasteiger partial charge in [-0.2, -0.15) is 0 Å². The Morgan fingerprint density at radius 2 is 1.95 bits per heavy atom. The van der Waals surface area contributed by atoms with Gasteiger partial charge in [-0.3, -0.25) is 10.1 Å². The molecule has 11 heteroatoms. The molecule has 0 radical (unpaired) electrons. The highest BCUT2D eigenvalue weighted by molar-refractivity contribution is 9.42. The summed E-state index contributed by atoms with van der Waals surface area (Å²) in [6.45, 7) is 0. The molecule has 0 spiro atoms. The van der Waals surface area contributed by atoms with Crippen LogP contribution in [0.2, 0.25) is 0 Å². The monoisotopic (exact) mass is 518 g/mol. The molecule has 0 N–H and O–H groups in total. The lowest BCUT2D eigenvalue weighted by Crippen LogP contribution is -2.18. The summed E-state index contributed by atoms with van der Waals surface area (Å²) < 4.78 is 23.5. The number of rotatable bonds is 3. The van der Waals surface area contributed by atoms with Crippen LogP contribution in [-0.4, -0.2) is 19.8 Å². The van der Waals surface area contributed by atoms with Crippen LogP contribution in [0.4, 0.5) is 5.69 Å². The summed E-state index contributed by atoms with van der Waals surface area (Å²) in [6.07, 6.45) is 1.50. The SMILES string of the molecule is O=[N+]([O-])c1ccc(S(=O)(=O)C(Br)(Br)Br)c(-c2nccs2)c1. The molecule has 0 saturated carbocycles. The van der Waals surface area contributed by atoms with Crippen molar-refractivity contribution in [2.24, 2.45) is 0 Å². The van der Waals surface area contributed by atoms with Crippen molar-refractivity contribution in [1.82, 2.24) is 4.98 Å². The zero-order chi connectivity index (χ0) is 15.8. The van der Waals surface area contributed by atoms with Crippen LogP contribution in [0.25, 0.3) is 10.6 Å². The van der Waals surface area contributed by atoms with Gasteiger partial charge >= 0.3 is 0 Å². The topological polar surface area (TPSA) is 90.2 Å². The van der Waals surface area contributed by atoms with Crippen LogP contribution >= 0.6 is 59.1 Å². The van der Waals surface area contributed by atoms with Gasteiger partial charge in [-0.15, -0.1) is 11.3 Å². The maximum absolute atomic E-state index is 12.5. The zero-order valence-electron chi connectivity index (χ0n) is 9.86. The minimum atomic E-state index is -3.88. The Morgan fingerprint density at radius 1 is 1.29 bits per heavy atom. The van der Waals surface area contributed by atoms with Crippen molar-refractivity contribution in [2.45, 2.75) is 6.37 Å². The summed E-state index contributed by atoms with van der Waals surface area (Å²) >= 11 is 10.1. The predicted octanol–water partition coefficient (Wildman–Crippen LogP) is 4.29. The van der Waals surface area contributed by atoms with E-state index >= 15 is 0 Å². The zero-order valence-corrected chi connectivity index (χ0v) is 16.3. The Labute approximate surface area is 149 Å². The highest BCUT2D eigenvalue weighted by atomic mass is 80.0. The maximum atomic E-state index is 12.5. The number of aromatic nitrogens is 1. The Morgan fingerprint density at radius 3 is 2.43 bits per heavy atom. The summed E-state index contributed by atoms with van der Waals surface area (Å²) in [6, 6.07) is 3.54. The molecule has 0 amide bonds. The van der Waals surface area contributed by atoms with E-state index in [9.17, 15) is 18.5 Å². The van der Waals surface area contributed by atoms with Gasteiger partial charge in [0.25, 0.3) is 5.69 Å². The normalized spacial score (nSPS) is 12.3. The molecule has 1 aromatic carbocycles. The molecule has 6 nitrogen and oxygen atoms in total. The molecular weight excluding hydrogens is 516 g/mol. The van der Waals surface area contributed by atoms with Gasteiger partial charge < -0.3 is 0 Å². The standard InChI is InChI=1S/C10H5Br3N2O4S2/c11-10(12,13)21(18,19)8-2-1-6(15(16)17)5-7(8)9-14-3-4-20-9/h1-5H. The van der Waals surface area contributed by atoms with Gasteiger partial charge in [0, 0.05) is 29.3 Å². The molecule has 0 unspecified atom stereocenters. The molecule has 0 atom stereocenters. The molecule has 1 aromatic heterocycles. The average Bonchev–Trinajstić information content (AvgIpc) is 2.90. The van der Waals surface area contributed by atoms with E-state index in [1.807, 2.05) is 0 Å². The smallest absolute Gasteiger partial charge is 0.258 e. The third-order valence-corrected chi connectivity index (χ3v) is 8.62.